The topological polar surface area (TPSA) is 119 Å². The molecule has 0 aromatic heterocycles. The van der Waals surface area contributed by atoms with E-state index in [-0.39, 0.29) is 19.4 Å². The normalized spacial score (nSPS) is 12.5. The van der Waals surface area contributed by atoms with Crippen molar-refractivity contribution in [1.29, 1.82) is 0 Å². The van der Waals surface area contributed by atoms with Crippen LogP contribution in [0.2, 0.25) is 0 Å². The number of hydrogen-bond acceptors (Lipinski definition) is 6. The molecule has 1 atom stereocenters. The highest BCUT2D eigenvalue weighted by Gasteiger charge is 2.22. The van der Waals surface area contributed by atoms with Gasteiger partial charge in [0.15, 0.2) is 6.10 Å². The minimum absolute atomic E-state index is 0.216. The van der Waals surface area contributed by atoms with E-state index in [0.29, 0.717) is 6.42 Å². The Balaban J connectivity index is 4.14. The Kier molecular flexibility index (Phi) is 20.0. The van der Waals surface area contributed by atoms with E-state index in [0.717, 1.165) is 51.4 Å². The number of rotatable bonds is 22. The van der Waals surface area contributed by atoms with Crippen LogP contribution in [-0.2, 0) is 28.2 Å². The molecule has 0 aliphatic heterocycles. The van der Waals surface area contributed by atoms with Gasteiger partial charge < -0.3 is 19.3 Å². The molecular weight excluding hydrogens is 435 g/mol. The number of unbranched alkanes of at least 4 members (excludes halogenated alkanes) is 12. The van der Waals surface area contributed by atoms with Crippen LogP contribution in [0.25, 0.3) is 0 Å². The third-order valence-corrected chi connectivity index (χ3v) is 5.61. The van der Waals surface area contributed by atoms with E-state index in [2.05, 4.69) is 18.4 Å². The lowest BCUT2D eigenvalue weighted by Gasteiger charge is -2.18. The first-order valence-corrected chi connectivity index (χ1v) is 13.9. The second-order valence-electron chi connectivity index (χ2n) is 8.32. The van der Waals surface area contributed by atoms with Crippen molar-refractivity contribution in [3.8, 4) is 0 Å². The molecule has 0 amide bonds. The molecule has 0 fully saturated rings. The molecule has 0 heterocycles. The van der Waals surface area contributed by atoms with Gasteiger partial charge >= 0.3 is 19.8 Å². The Morgan fingerprint density at radius 3 is 1.59 bits per heavy atom. The molecule has 9 heteroatoms. The zero-order valence-corrected chi connectivity index (χ0v) is 21.0. The van der Waals surface area contributed by atoms with Gasteiger partial charge in [-0.3, -0.25) is 14.1 Å². The molecular formula is C23H45O8P. The van der Waals surface area contributed by atoms with Crippen molar-refractivity contribution < 1.29 is 37.9 Å². The average molecular weight is 481 g/mol. The van der Waals surface area contributed by atoms with Crippen LogP contribution < -0.4 is 0 Å². The summed E-state index contributed by atoms with van der Waals surface area (Å²) >= 11 is 0. The van der Waals surface area contributed by atoms with Crippen molar-refractivity contribution in [3.05, 3.63) is 0 Å². The van der Waals surface area contributed by atoms with Crippen molar-refractivity contribution in [3.63, 3.8) is 0 Å². The van der Waals surface area contributed by atoms with Gasteiger partial charge in [-0.2, -0.15) is 0 Å². The van der Waals surface area contributed by atoms with E-state index in [1.165, 1.54) is 32.1 Å². The Hall–Kier alpha value is -0.950. The molecule has 0 spiro atoms. The van der Waals surface area contributed by atoms with Gasteiger partial charge in [0, 0.05) is 12.8 Å². The number of esters is 2. The summed E-state index contributed by atoms with van der Waals surface area (Å²) in [7, 11) is -4.71. The fraction of sp³-hybridized carbons (Fsp3) is 0.913. The van der Waals surface area contributed by atoms with Crippen molar-refractivity contribution in [2.45, 2.75) is 123 Å². The van der Waals surface area contributed by atoms with Gasteiger partial charge in [-0.25, -0.2) is 4.57 Å². The highest BCUT2D eigenvalue weighted by Crippen LogP contribution is 2.35. The predicted molar refractivity (Wildman–Crippen MR) is 124 cm³/mol. The molecule has 0 aliphatic carbocycles. The smallest absolute Gasteiger partial charge is 0.462 e. The minimum atomic E-state index is -4.71. The van der Waals surface area contributed by atoms with Gasteiger partial charge in [0.25, 0.3) is 0 Å². The summed E-state index contributed by atoms with van der Waals surface area (Å²) < 4.78 is 25.8. The predicted octanol–water partition coefficient (Wildman–Crippen LogP) is 5.83. The number of ether oxygens (including phenoxy) is 2. The Morgan fingerprint density at radius 1 is 0.688 bits per heavy atom. The van der Waals surface area contributed by atoms with Crippen molar-refractivity contribution in [1.82, 2.24) is 0 Å². The maximum absolute atomic E-state index is 12.1. The second kappa shape index (κ2) is 20.6. The lowest BCUT2D eigenvalue weighted by molar-refractivity contribution is -0.161. The van der Waals surface area contributed by atoms with Crippen molar-refractivity contribution in [2.24, 2.45) is 0 Å². The van der Waals surface area contributed by atoms with Crippen LogP contribution in [-0.4, -0.2) is 41.0 Å². The molecule has 0 aliphatic rings. The summed E-state index contributed by atoms with van der Waals surface area (Å²) in [6, 6.07) is 0. The zero-order chi connectivity index (χ0) is 24.1. The lowest BCUT2D eigenvalue weighted by atomic mass is 10.1. The SMILES string of the molecule is CCCCCCCCCCCC(=O)OC(COC(=O)CCCCCCC)COP(=O)(O)O. The Bertz CT molecular complexity index is 520. The first-order chi connectivity index (χ1) is 15.3. The number of phosphoric acid groups is 1. The van der Waals surface area contributed by atoms with Gasteiger partial charge in [0.1, 0.15) is 6.61 Å². The maximum Gasteiger partial charge on any atom is 0.469 e. The van der Waals surface area contributed by atoms with Gasteiger partial charge in [0.05, 0.1) is 6.61 Å². The van der Waals surface area contributed by atoms with E-state index in [1.807, 2.05) is 0 Å². The van der Waals surface area contributed by atoms with Crippen molar-refractivity contribution in [2.75, 3.05) is 13.2 Å². The number of hydrogen-bond donors (Lipinski definition) is 2. The fourth-order valence-corrected chi connectivity index (χ4v) is 3.61. The highest BCUT2D eigenvalue weighted by atomic mass is 31.2. The number of phosphoric ester groups is 1. The molecule has 1 unspecified atom stereocenters. The monoisotopic (exact) mass is 480 g/mol. The van der Waals surface area contributed by atoms with Gasteiger partial charge in [-0.15, -0.1) is 0 Å². The Morgan fingerprint density at radius 2 is 1.12 bits per heavy atom. The van der Waals surface area contributed by atoms with Crippen molar-refractivity contribution >= 4 is 19.8 Å². The molecule has 2 N–H and O–H groups in total. The van der Waals surface area contributed by atoms with E-state index < -0.39 is 32.5 Å². The summed E-state index contributed by atoms with van der Waals surface area (Å²) in [5.41, 5.74) is 0. The van der Waals surface area contributed by atoms with Crippen LogP contribution in [0.15, 0.2) is 0 Å². The first-order valence-electron chi connectivity index (χ1n) is 12.3. The van der Waals surface area contributed by atoms with Crippen LogP contribution in [0, 0.1) is 0 Å². The van der Waals surface area contributed by atoms with E-state index in [4.69, 9.17) is 19.3 Å². The molecule has 0 saturated heterocycles. The van der Waals surface area contributed by atoms with Gasteiger partial charge in [0.2, 0.25) is 0 Å². The zero-order valence-electron chi connectivity index (χ0n) is 20.1. The third kappa shape index (κ3) is 22.3. The van der Waals surface area contributed by atoms with Crippen LogP contribution in [0.1, 0.15) is 117 Å². The van der Waals surface area contributed by atoms with Crippen LogP contribution >= 0.6 is 7.82 Å². The average Bonchev–Trinajstić information content (AvgIpc) is 2.73. The standard InChI is InChI=1S/C23H45O8P/c1-3-5-7-9-10-11-12-14-16-18-23(25)31-21(20-30-32(26,27)28)19-29-22(24)17-15-13-8-6-4-2/h21H,3-20H2,1-2H3,(H2,26,27,28). The van der Waals surface area contributed by atoms with Crippen LogP contribution in [0.3, 0.4) is 0 Å². The highest BCUT2D eigenvalue weighted by molar-refractivity contribution is 7.46. The van der Waals surface area contributed by atoms with Gasteiger partial charge in [-0.05, 0) is 12.8 Å². The lowest BCUT2D eigenvalue weighted by Crippen LogP contribution is -2.29. The summed E-state index contributed by atoms with van der Waals surface area (Å²) in [6.07, 6.45) is 14.6. The Labute approximate surface area is 194 Å². The third-order valence-electron chi connectivity index (χ3n) is 5.13. The van der Waals surface area contributed by atoms with Gasteiger partial charge in [-0.1, -0.05) is 90.9 Å². The fourth-order valence-electron chi connectivity index (χ4n) is 3.25. The molecule has 0 radical (unpaired) electrons. The largest absolute Gasteiger partial charge is 0.469 e. The summed E-state index contributed by atoms with van der Waals surface area (Å²) in [5, 5.41) is 0. The van der Waals surface area contributed by atoms with E-state index in [1.54, 1.807) is 0 Å². The summed E-state index contributed by atoms with van der Waals surface area (Å²) in [4.78, 5) is 41.8. The first kappa shape index (κ1) is 31.0. The summed E-state index contributed by atoms with van der Waals surface area (Å²) in [5.74, 6) is -0.902. The summed E-state index contributed by atoms with van der Waals surface area (Å²) in [6.45, 7) is 3.50. The molecule has 0 aromatic rings. The second-order valence-corrected chi connectivity index (χ2v) is 9.56. The van der Waals surface area contributed by atoms with E-state index in [9.17, 15) is 14.2 Å². The van der Waals surface area contributed by atoms with Crippen LogP contribution in [0.4, 0.5) is 0 Å². The number of carbonyl (C=O) groups excluding carboxylic acids is 2. The van der Waals surface area contributed by atoms with E-state index >= 15 is 0 Å². The minimum Gasteiger partial charge on any atom is -0.462 e. The molecule has 0 aromatic carbocycles. The molecule has 0 saturated carbocycles. The molecule has 32 heavy (non-hydrogen) atoms. The number of carbonyl (C=O) groups is 2. The van der Waals surface area contributed by atoms with Crippen LogP contribution in [0.5, 0.6) is 0 Å². The maximum atomic E-state index is 12.1. The quantitative estimate of drug-likeness (QED) is 0.113. The molecule has 190 valence electrons. The molecule has 0 bridgehead atoms. The molecule has 0 rings (SSSR count). The molecule has 8 nitrogen and oxygen atoms in total.